The van der Waals surface area contributed by atoms with Gasteiger partial charge in [-0.25, -0.2) is 8.93 Å². The lowest BCUT2D eigenvalue weighted by Gasteiger charge is -2.30. The molecule has 1 fully saturated rings. The summed E-state index contributed by atoms with van der Waals surface area (Å²) in [5.41, 5.74) is 0. The van der Waals surface area contributed by atoms with Crippen LogP contribution in [0, 0.1) is 0 Å². The second-order valence-electron chi connectivity index (χ2n) is 4.94. The molecule has 1 aromatic carbocycles. The Hall–Kier alpha value is -0.840. The van der Waals surface area contributed by atoms with Gasteiger partial charge >= 0.3 is 0 Å². The van der Waals surface area contributed by atoms with E-state index < -0.39 is 9.71 Å². The van der Waals surface area contributed by atoms with Crippen molar-refractivity contribution >= 4 is 15.6 Å². The monoisotopic (exact) mass is 266 g/mol. The normalized spacial score (nSPS) is 27.6. The van der Waals surface area contributed by atoms with Gasteiger partial charge in [0.05, 0.1) is 9.71 Å². The largest absolute Gasteiger partial charge is 0.317 e. The molecule has 0 spiro atoms. The number of nitrogens with one attached hydrogen (secondary N) is 2. The second kappa shape index (κ2) is 5.87. The van der Waals surface area contributed by atoms with Gasteiger partial charge in [0.1, 0.15) is 0 Å². The molecule has 0 heterocycles. The van der Waals surface area contributed by atoms with Gasteiger partial charge in [-0.05, 0) is 50.7 Å². The van der Waals surface area contributed by atoms with Gasteiger partial charge < -0.3 is 5.32 Å². The van der Waals surface area contributed by atoms with Crippen LogP contribution in [0.3, 0.4) is 0 Å². The standard InChI is InChI=1S/C14H22N2OS/c1-15-12-8-10-13(11-9-12)16-18(2,17)14-6-4-3-5-7-14/h3-7,12-13,15H,2,8-11H2,1H3,(H,16,17). The number of hydrogen-bond donors (Lipinski definition) is 2. The highest BCUT2D eigenvalue weighted by molar-refractivity contribution is 7.98. The molecule has 2 rings (SSSR count). The van der Waals surface area contributed by atoms with Crippen molar-refractivity contribution in [2.45, 2.75) is 42.7 Å². The molecule has 0 aliphatic heterocycles. The Morgan fingerprint density at radius 3 is 2.22 bits per heavy atom. The molecule has 4 heteroatoms. The van der Waals surface area contributed by atoms with E-state index in [1.54, 1.807) is 0 Å². The maximum absolute atomic E-state index is 12.6. The molecular weight excluding hydrogens is 244 g/mol. The predicted octanol–water partition coefficient (Wildman–Crippen LogP) is 1.80. The Labute approximate surface area is 110 Å². The summed E-state index contributed by atoms with van der Waals surface area (Å²) >= 11 is 0. The lowest BCUT2D eigenvalue weighted by molar-refractivity contribution is 0.345. The molecule has 2 N–H and O–H groups in total. The van der Waals surface area contributed by atoms with E-state index in [4.69, 9.17) is 0 Å². The molecule has 1 aromatic rings. The summed E-state index contributed by atoms with van der Waals surface area (Å²) in [6.45, 7) is 0. The van der Waals surface area contributed by atoms with Crippen molar-refractivity contribution in [2.75, 3.05) is 7.05 Å². The highest BCUT2D eigenvalue weighted by atomic mass is 32.2. The molecule has 0 saturated heterocycles. The van der Waals surface area contributed by atoms with E-state index in [2.05, 4.69) is 15.9 Å². The second-order valence-corrected chi connectivity index (χ2v) is 7.00. The summed E-state index contributed by atoms with van der Waals surface area (Å²) in [4.78, 5) is 0.792. The van der Waals surface area contributed by atoms with Gasteiger partial charge in [0, 0.05) is 17.0 Å². The molecule has 0 aromatic heterocycles. The first-order valence-corrected chi connectivity index (χ1v) is 8.21. The van der Waals surface area contributed by atoms with Gasteiger partial charge in [0.15, 0.2) is 0 Å². The molecule has 1 saturated carbocycles. The zero-order valence-electron chi connectivity index (χ0n) is 10.9. The minimum Gasteiger partial charge on any atom is -0.317 e. The van der Waals surface area contributed by atoms with Crippen LogP contribution in [0.15, 0.2) is 35.2 Å². The summed E-state index contributed by atoms with van der Waals surface area (Å²) in [6, 6.07) is 10.4. The summed E-state index contributed by atoms with van der Waals surface area (Å²) < 4.78 is 15.8. The Morgan fingerprint density at radius 1 is 1.11 bits per heavy atom. The number of benzene rings is 1. The van der Waals surface area contributed by atoms with Crippen molar-refractivity contribution in [3.63, 3.8) is 0 Å². The van der Waals surface area contributed by atoms with E-state index in [0.29, 0.717) is 12.1 Å². The molecule has 0 amide bonds. The third-order valence-electron chi connectivity index (χ3n) is 3.62. The average molecular weight is 266 g/mol. The van der Waals surface area contributed by atoms with E-state index in [1.165, 1.54) is 0 Å². The van der Waals surface area contributed by atoms with Crippen LogP contribution in [-0.2, 0) is 9.71 Å². The van der Waals surface area contributed by atoms with Crippen LogP contribution in [-0.4, -0.2) is 29.2 Å². The van der Waals surface area contributed by atoms with Crippen LogP contribution in [0.2, 0.25) is 0 Å². The third-order valence-corrected chi connectivity index (χ3v) is 5.36. The van der Waals surface area contributed by atoms with Crippen molar-refractivity contribution in [3.8, 4) is 0 Å². The first-order valence-electron chi connectivity index (χ1n) is 6.48. The Bertz CT molecular complexity index is 462. The molecule has 3 nitrogen and oxygen atoms in total. The van der Waals surface area contributed by atoms with Crippen LogP contribution in [0.1, 0.15) is 25.7 Å². The zero-order chi connectivity index (χ0) is 13.0. The SMILES string of the molecule is C=S(=O)(NC1CCC(NC)CC1)c1ccccc1. The minimum absolute atomic E-state index is 0.319. The topological polar surface area (TPSA) is 41.1 Å². The quantitative estimate of drug-likeness (QED) is 0.816. The van der Waals surface area contributed by atoms with Gasteiger partial charge in [-0.1, -0.05) is 18.2 Å². The molecule has 0 bridgehead atoms. The first kappa shape index (κ1) is 13.6. The molecule has 1 aliphatic rings. The average Bonchev–Trinajstić information content (AvgIpc) is 2.40. The van der Waals surface area contributed by atoms with Crippen LogP contribution < -0.4 is 10.0 Å². The molecule has 1 unspecified atom stereocenters. The minimum atomic E-state index is -2.35. The van der Waals surface area contributed by atoms with Crippen LogP contribution in [0.25, 0.3) is 0 Å². The number of hydrogen-bond acceptors (Lipinski definition) is 2. The zero-order valence-corrected chi connectivity index (χ0v) is 11.7. The van der Waals surface area contributed by atoms with Gasteiger partial charge in [-0.2, -0.15) is 0 Å². The smallest absolute Gasteiger partial charge is 0.0535 e. The van der Waals surface area contributed by atoms with Gasteiger partial charge in [-0.15, -0.1) is 0 Å². The molecule has 0 radical (unpaired) electrons. The molecular formula is C14H22N2OS. The van der Waals surface area contributed by atoms with Crippen molar-refractivity contribution < 1.29 is 4.21 Å². The fourth-order valence-corrected chi connectivity index (χ4v) is 3.98. The maximum Gasteiger partial charge on any atom is 0.0535 e. The third kappa shape index (κ3) is 3.34. The van der Waals surface area contributed by atoms with Crippen molar-refractivity contribution in [1.82, 2.24) is 10.0 Å². The van der Waals surface area contributed by atoms with Crippen molar-refractivity contribution in [2.24, 2.45) is 0 Å². The van der Waals surface area contributed by atoms with Crippen LogP contribution in [0.4, 0.5) is 0 Å². The Kier molecular flexibility index (Phi) is 4.43. The van der Waals surface area contributed by atoms with E-state index >= 15 is 0 Å². The summed E-state index contributed by atoms with van der Waals surface area (Å²) in [5.74, 6) is 3.87. The van der Waals surface area contributed by atoms with Gasteiger partial charge in [0.25, 0.3) is 0 Å². The summed E-state index contributed by atoms with van der Waals surface area (Å²) in [7, 11) is -0.348. The number of rotatable bonds is 4. The van der Waals surface area contributed by atoms with Crippen LogP contribution in [0.5, 0.6) is 0 Å². The van der Waals surface area contributed by atoms with Crippen LogP contribution >= 0.6 is 0 Å². The van der Waals surface area contributed by atoms with Crippen molar-refractivity contribution in [3.05, 3.63) is 30.3 Å². The molecule has 1 atom stereocenters. The maximum atomic E-state index is 12.6. The predicted molar refractivity (Wildman–Crippen MR) is 78.2 cm³/mol. The van der Waals surface area contributed by atoms with Gasteiger partial charge in [0.2, 0.25) is 0 Å². The lowest BCUT2D eigenvalue weighted by atomic mass is 9.92. The fraction of sp³-hybridized carbons (Fsp3) is 0.500. The van der Waals surface area contributed by atoms with E-state index in [1.807, 2.05) is 37.4 Å². The summed E-state index contributed by atoms with van der Waals surface area (Å²) in [6.07, 6.45) is 4.40. The summed E-state index contributed by atoms with van der Waals surface area (Å²) in [5, 5.41) is 3.30. The van der Waals surface area contributed by atoms with E-state index in [0.717, 1.165) is 30.6 Å². The fourth-order valence-electron chi connectivity index (χ4n) is 2.48. The molecule has 18 heavy (non-hydrogen) atoms. The molecule has 1 aliphatic carbocycles. The Balaban J connectivity index is 1.98. The first-order chi connectivity index (χ1) is 8.62. The highest BCUT2D eigenvalue weighted by Gasteiger charge is 2.22. The highest BCUT2D eigenvalue weighted by Crippen LogP contribution is 2.20. The van der Waals surface area contributed by atoms with E-state index in [9.17, 15) is 4.21 Å². The van der Waals surface area contributed by atoms with Gasteiger partial charge in [-0.3, -0.25) is 0 Å². The van der Waals surface area contributed by atoms with E-state index in [-0.39, 0.29) is 0 Å². The lowest BCUT2D eigenvalue weighted by Crippen LogP contribution is -2.41. The van der Waals surface area contributed by atoms with Crippen molar-refractivity contribution in [1.29, 1.82) is 0 Å². The Morgan fingerprint density at radius 2 is 1.67 bits per heavy atom. The molecule has 100 valence electrons.